The smallest absolute Gasteiger partial charge is 0.240 e. The van der Waals surface area contributed by atoms with Gasteiger partial charge in [0, 0.05) is 18.5 Å². The van der Waals surface area contributed by atoms with E-state index in [1.54, 1.807) is 63.6 Å². The lowest BCUT2D eigenvalue weighted by Crippen LogP contribution is -3.17. The predicted molar refractivity (Wildman–Crippen MR) is 180 cm³/mol. The highest BCUT2D eigenvalue weighted by Gasteiger charge is 2.59. The summed E-state index contributed by atoms with van der Waals surface area (Å²) in [5, 5.41) is 14.1. The number of quaternary nitrogens is 1. The van der Waals surface area contributed by atoms with Crippen LogP contribution >= 0.6 is 0 Å². The predicted octanol–water partition coefficient (Wildman–Crippen LogP) is 5.36. The van der Waals surface area contributed by atoms with E-state index in [1.165, 1.54) is 5.56 Å². The minimum absolute atomic E-state index is 0.0267. The molecular formula is C37H44N2O6S. The number of fused-ring (bicyclic) bond motifs is 1. The van der Waals surface area contributed by atoms with Crippen LogP contribution in [0.4, 0.5) is 0 Å². The van der Waals surface area contributed by atoms with Crippen molar-refractivity contribution < 1.29 is 27.7 Å². The second-order valence-corrected chi connectivity index (χ2v) is 14.1. The zero-order valence-electron chi connectivity index (χ0n) is 27.1. The molecule has 0 radical (unpaired) electrons. The number of methoxy groups -OCH3 is 2. The Hall–Kier alpha value is -3.89. The third-order valence-electron chi connectivity index (χ3n) is 8.97. The van der Waals surface area contributed by atoms with Crippen LogP contribution in [-0.2, 0) is 27.5 Å². The lowest BCUT2D eigenvalue weighted by molar-refractivity contribution is -0.926. The van der Waals surface area contributed by atoms with E-state index in [0.29, 0.717) is 23.5 Å². The number of unbranched alkanes of at least 4 members (excludes halogenated alkanes) is 1. The molecule has 0 amide bonds. The van der Waals surface area contributed by atoms with Crippen LogP contribution in [-0.4, -0.2) is 54.3 Å². The first kappa shape index (κ1) is 33.5. The van der Waals surface area contributed by atoms with Gasteiger partial charge in [0.15, 0.2) is 11.5 Å². The summed E-state index contributed by atoms with van der Waals surface area (Å²) in [6.07, 6.45) is 2.59. The molecule has 0 saturated heterocycles. The molecule has 46 heavy (non-hydrogen) atoms. The Kier molecular flexibility index (Phi) is 10.7. The molecule has 0 bridgehead atoms. The third kappa shape index (κ3) is 6.64. The average Bonchev–Trinajstić information content (AvgIpc) is 3.08. The van der Waals surface area contributed by atoms with Crippen LogP contribution < -0.4 is 19.3 Å². The third-order valence-corrected chi connectivity index (χ3v) is 11.4. The molecule has 1 aliphatic heterocycles. The van der Waals surface area contributed by atoms with E-state index in [1.807, 2.05) is 48.5 Å². The largest absolute Gasteiger partial charge is 0.632 e. The van der Waals surface area contributed by atoms with Crippen molar-refractivity contribution in [1.82, 2.24) is 4.90 Å². The van der Waals surface area contributed by atoms with Crippen molar-refractivity contribution in [2.75, 3.05) is 41.0 Å². The highest BCUT2D eigenvalue weighted by Crippen LogP contribution is 2.44. The molecule has 9 heteroatoms. The van der Waals surface area contributed by atoms with Crippen LogP contribution in [0, 0.1) is 5.21 Å². The van der Waals surface area contributed by atoms with Crippen molar-refractivity contribution >= 4 is 9.84 Å². The monoisotopic (exact) mass is 644 g/mol. The van der Waals surface area contributed by atoms with Gasteiger partial charge in [-0.25, -0.2) is 8.42 Å². The van der Waals surface area contributed by atoms with E-state index in [4.69, 9.17) is 14.2 Å². The Labute approximate surface area is 273 Å². The Bertz CT molecular complexity index is 1710. The quantitative estimate of drug-likeness (QED) is 0.146. The molecule has 0 spiro atoms. The second kappa shape index (κ2) is 14.7. The van der Waals surface area contributed by atoms with Crippen LogP contribution in [0.5, 0.6) is 17.2 Å². The summed E-state index contributed by atoms with van der Waals surface area (Å²) in [6.45, 7) is 3.99. The number of ether oxygens (including phenoxy) is 3. The first-order valence-electron chi connectivity index (χ1n) is 15.8. The summed E-state index contributed by atoms with van der Waals surface area (Å²) in [5.41, 5.74) is 2.90. The van der Waals surface area contributed by atoms with Gasteiger partial charge >= 0.3 is 0 Å². The Balaban J connectivity index is 1.30. The summed E-state index contributed by atoms with van der Waals surface area (Å²) in [6, 6.07) is 28.8. The normalized spacial score (nSPS) is 20.2. The lowest BCUT2D eigenvalue weighted by atomic mass is 9.94. The molecule has 0 aliphatic carbocycles. The Morgan fingerprint density at radius 3 is 2.26 bits per heavy atom. The summed E-state index contributed by atoms with van der Waals surface area (Å²) in [4.78, 5) is 0.679. The number of hydrogen-bond acceptors (Lipinski definition) is 7. The number of benzene rings is 4. The van der Waals surface area contributed by atoms with Crippen LogP contribution in [0.2, 0.25) is 0 Å². The number of hydroxylamine groups is 2. The summed E-state index contributed by atoms with van der Waals surface area (Å²) in [7, 11) is 1.24. The van der Waals surface area contributed by atoms with Crippen LogP contribution in [0.1, 0.15) is 48.1 Å². The molecule has 1 aliphatic rings. The van der Waals surface area contributed by atoms with Crippen molar-refractivity contribution in [1.29, 1.82) is 0 Å². The molecule has 5 rings (SSSR count). The molecule has 3 atom stereocenters. The van der Waals surface area contributed by atoms with Gasteiger partial charge < -0.3 is 29.4 Å². The van der Waals surface area contributed by atoms with E-state index in [2.05, 4.69) is 18.0 Å². The van der Waals surface area contributed by atoms with Gasteiger partial charge in [-0.15, -0.1) is 0 Å². The maximum Gasteiger partial charge on any atom is 0.240 e. The molecular weight excluding hydrogens is 600 g/mol. The highest BCUT2D eigenvalue weighted by molar-refractivity contribution is 7.92. The molecule has 4 aromatic rings. The van der Waals surface area contributed by atoms with Gasteiger partial charge in [-0.2, -0.15) is 0 Å². The number of likely N-dealkylation sites (N-methyl/N-ethyl adjacent to an activating group) is 1. The highest BCUT2D eigenvalue weighted by atomic mass is 32.2. The maximum atomic E-state index is 14.6. The number of sulfone groups is 1. The molecule has 3 unspecified atom stereocenters. The van der Waals surface area contributed by atoms with Gasteiger partial charge in [0.05, 0.1) is 31.3 Å². The van der Waals surface area contributed by atoms with Crippen molar-refractivity contribution in [3.8, 4) is 17.2 Å². The lowest BCUT2D eigenvalue weighted by Gasteiger charge is -2.49. The fourth-order valence-electron chi connectivity index (χ4n) is 6.39. The summed E-state index contributed by atoms with van der Waals surface area (Å²) < 4.78 is 46.3. The minimum Gasteiger partial charge on any atom is -0.632 e. The Morgan fingerprint density at radius 2 is 1.50 bits per heavy atom. The molecule has 0 aromatic heterocycles. The first-order valence-corrected chi connectivity index (χ1v) is 17.2. The van der Waals surface area contributed by atoms with Crippen molar-refractivity contribution in [2.45, 2.75) is 48.4 Å². The number of para-hydroxylation sites is 1. The number of nitrogens with one attached hydrogen (secondary N) is 1. The maximum absolute atomic E-state index is 14.6. The molecule has 244 valence electrons. The number of nitrogens with zero attached hydrogens (tertiary/aromatic N) is 1. The summed E-state index contributed by atoms with van der Waals surface area (Å²) >= 11 is 0. The molecule has 4 aromatic carbocycles. The SMILES string of the molecule is COc1ccc(CCN(C)CCCCOc2ccccc2C2(Cc3ccccc3)[NH+]([O-])C(C)c3ccccc3S2(=O)=O)cc1OC. The van der Waals surface area contributed by atoms with E-state index in [-0.39, 0.29) is 16.4 Å². The standard InChI is InChI=1S/C37H44N2O6S/c1-28-31-16-8-11-19-36(31)46(41,42)37(39(28)40,27-30-14-6-5-7-15-30)32-17-9-10-18-33(32)45-25-13-12-23-38(2)24-22-29-20-21-34(43-3)35(26-29)44-4/h5-11,14-21,26,28,39H,12-13,22-25,27H2,1-4H3. The zero-order chi connectivity index (χ0) is 32.7. The van der Waals surface area contributed by atoms with E-state index >= 15 is 0 Å². The van der Waals surface area contributed by atoms with Gasteiger partial charge in [-0.3, -0.25) is 0 Å². The molecule has 8 nitrogen and oxygen atoms in total. The van der Waals surface area contributed by atoms with Crippen molar-refractivity contribution in [2.24, 2.45) is 0 Å². The molecule has 1 heterocycles. The Morgan fingerprint density at radius 1 is 0.804 bits per heavy atom. The first-order chi connectivity index (χ1) is 22.2. The van der Waals surface area contributed by atoms with E-state index < -0.39 is 20.8 Å². The van der Waals surface area contributed by atoms with E-state index in [9.17, 15) is 13.6 Å². The minimum atomic E-state index is -4.14. The van der Waals surface area contributed by atoms with E-state index in [0.717, 1.165) is 49.4 Å². The summed E-state index contributed by atoms with van der Waals surface area (Å²) in [5.74, 6) is 1.88. The average molecular weight is 645 g/mol. The fourth-order valence-corrected chi connectivity index (χ4v) is 8.84. The topological polar surface area (TPSA) is 92.6 Å². The van der Waals surface area contributed by atoms with Gasteiger partial charge in [0.2, 0.25) is 14.7 Å². The zero-order valence-corrected chi connectivity index (χ0v) is 27.9. The van der Waals surface area contributed by atoms with Gasteiger partial charge in [-0.1, -0.05) is 66.7 Å². The van der Waals surface area contributed by atoms with Crippen LogP contribution in [0.3, 0.4) is 0 Å². The molecule has 1 N–H and O–H groups in total. The molecule has 0 fully saturated rings. The van der Waals surface area contributed by atoms with Gasteiger partial charge in [0.1, 0.15) is 11.8 Å². The van der Waals surface area contributed by atoms with Crippen LogP contribution in [0.15, 0.2) is 102 Å². The van der Waals surface area contributed by atoms with Crippen LogP contribution in [0.25, 0.3) is 0 Å². The number of rotatable bonds is 14. The number of hydrogen-bond donors (Lipinski definition) is 1. The molecule has 0 saturated carbocycles. The van der Waals surface area contributed by atoms with Crippen molar-refractivity contribution in [3.63, 3.8) is 0 Å². The van der Waals surface area contributed by atoms with Gasteiger partial charge in [0.25, 0.3) is 0 Å². The van der Waals surface area contributed by atoms with Crippen molar-refractivity contribution in [3.05, 3.63) is 125 Å². The second-order valence-electron chi connectivity index (χ2n) is 11.9. The van der Waals surface area contributed by atoms with Gasteiger partial charge in [-0.05, 0) is 81.2 Å². The fraction of sp³-hybridized carbons (Fsp3) is 0.351.